The van der Waals surface area contributed by atoms with Crippen molar-refractivity contribution in [3.63, 3.8) is 0 Å². The number of likely N-dealkylation sites (tertiary alicyclic amines) is 1. The molecule has 2 fully saturated rings. The topological polar surface area (TPSA) is 55.5 Å². The maximum absolute atomic E-state index is 12.7. The molecule has 6 nitrogen and oxygen atoms in total. The van der Waals surface area contributed by atoms with Gasteiger partial charge in [-0.25, -0.2) is 4.98 Å². The number of rotatable bonds is 7. The molecule has 1 atom stereocenters. The zero-order chi connectivity index (χ0) is 19.9. The van der Waals surface area contributed by atoms with Crippen LogP contribution in [-0.4, -0.2) is 69.8 Å². The van der Waals surface area contributed by atoms with E-state index in [0.29, 0.717) is 18.2 Å². The fraction of sp³-hybridized carbons (Fsp3) is 0.565. The molecule has 2 aliphatic heterocycles. The third-order valence-corrected chi connectivity index (χ3v) is 6.29. The zero-order valence-corrected chi connectivity index (χ0v) is 17.3. The number of aromatic nitrogens is 2. The second kappa shape index (κ2) is 10.0. The number of piperidine rings is 1. The summed E-state index contributed by atoms with van der Waals surface area (Å²) in [4.78, 5) is 27.1. The van der Waals surface area contributed by atoms with E-state index >= 15 is 0 Å². The molecular formula is C23H33N5O. The summed E-state index contributed by atoms with van der Waals surface area (Å²) >= 11 is 0. The zero-order valence-electron chi connectivity index (χ0n) is 17.3. The van der Waals surface area contributed by atoms with Gasteiger partial charge in [-0.1, -0.05) is 30.3 Å². The second-order valence-corrected chi connectivity index (χ2v) is 8.50. The normalized spacial score (nSPS) is 21.4. The monoisotopic (exact) mass is 395 g/mol. The molecule has 0 radical (unpaired) electrons. The van der Waals surface area contributed by atoms with Gasteiger partial charge in [0.05, 0.1) is 6.33 Å². The lowest BCUT2D eigenvalue weighted by molar-refractivity contribution is -0.133. The summed E-state index contributed by atoms with van der Waals surface area (Å²) in [6.07, 6.45) is 7.84. The Morgan fingerprint density at radius 1 is 1.03 bits per heavy atom. The smallest absolute Gasteiger partial charge is 0.222 e. The van der Waals surface area contributed by atoms with Gasteiger partial charge in [-0.15, -0.1) is 0 Å². The van der Waals surface area contributed by atoms with E-state index in [2.05, 4.69) is 55.0 Å². The first-order valence-electron chi connectivity index (χ1n) is 11.0. The highest BCUT2D eigenvalue weighted by atomic mass is 16.2. The summed E-state index contributed by atoms with van der Waals surface area (Å²) in [5.74, 6) is 0.977. The molecule has 1 N–H and O–H groups in total. The maximum Gasteiger partial charge on any atom is 0.222 e. The Balaban J connectivity index is 1.16. The van der Waals surface area contributed by atoms with Gasteiger partial charge in [0.2, 0.25) is 5.91 Å². The molecule has 6 heteroatoms. The summed E-state index contributed by atoms with van der Waals surface area (Å²) in [7, 11) is 0. The minimum atomic E-state index is 0.343. The SMILES string of the molecule is O=C(CC[C@@H]1CCCN(Cc2cnc[nH]2)C1)N1CCN(Cc2ccccc2)CC1. The van der Waals surface area contributed by atoms with Gasteiger partial charge >= 0.3 is 0 Å². The van der Waals surface area contributed by atoms with Crippen LogP contribution in [0.5, 0.6) is 0 Å². The Morgan fingerprint density at radius 3 is 2.62 bits per heavy atom. The van der Waals surface area contributed by atoms with Crippen molar-refractivity contribution in [3.8, 4) is 0 Å². The van der Waals surface area contributed by atoms with Gasteiger partial charge in [0.15, 0.2) is 0 Å². The number of H-pyrrole nitrogens is 1. The summed E-state index contributed by atoms with van der Waals surface area (Å²) in [5.41, 5.74) is 2.53. The highest BCUT2D eigenvalue weighted by Crippen LogP contribution is 2.23. The third kappa shape index (κ3) is 5.90. The van der Waals surface area contributed by atoms with E-state index in [1.807, 2.05) is 6.20 Å². The van der Waals surface area contributed by atoms with Gasteiger partial charge in [0.1, 0.15) is 0 Å². The molecule has 0 unspecified atom stereocenters. The Hall–Kier alpha value is -2.18. The molecule has 1 amide bonds. The number of hydrogen-bond acceptors (Lipinski definition) is 4. The number of nitrogens with zero attached hydrogens (tertiary/aromatic N) is 4. The van der Waals surface area contributed by atoms with Crippen molar-refractivity contribution in [2.24, 2.45) is 5.92 Å². The van der Waals surface area contributed by atoms with E-state index in [-0.39, 0.29) is 0 Å². The predicted molar refractivity (Wildman–Crippen MR) is 114 cm³/mol. The van der Waals surface area contributed by atoms with E-state index in [4.69, 9.17) is 0 Å². The molecule has 0 bridgehead atoms. The fourth-order valence-electron chi connectivity index (χ4n) is 4.63. The molecule has 0 spiro atoms. The van der Waals surface area contributed by atoms with Crippen molar-refractivity contribution in [2.45, 2.75) is 38.8 Å². The van der Waals surface area contributed by atoms with Crippen molar-refractivity contribution < 1.29 is 4.79 Å². The van der Waals surface area contributed by atoms with Crippen LogP contribution in [0, 0.1) is 5.92 Å². The van der Waals surface area contributed by atoms with Crippen LogP contribution in [0.25, 0.3) is 0 Å². The average molecular weight is 396 g/mol. The molecule has 0 aliphatic carbocycles. The number of aromatic amines is 1. The molecule has 2 aromatic rings. The van der Waals surface area contributed by atoms with E-state index < -0.39 is 0 Å². The lowest BCUT2D eigenvalue weighted by Crippen LogP contribution is -2.48. The lowest BCUT2D eigenvalue weighted by Gasteiger charge is -2.36. The summed E-state index contributed by atoms with van der Waals surface area (Å²) < 4.78 is 0. The number of piperazine rings is 1. The molecule has 1 aromatic heterocycles. The summed E-state index contributed by atoms with van der Waals surface area (Å²) in [6, 6.07) is 10.6. The van der Waals surface area contributed by atoms with Crippen molar-refractivity contribution in [2.75, 3.05) is 39.3 Å². The third-order valence-electron chi connectivity index (χ3n) is 6.29. The Morgan fingerprint density at radius 2 is 1.86 bits per heavy atom. The number of hydrogen-bond donors (Lipinski definition) is 1. The van der Waals surface area contributed by atoms with Crippen LogP contribution < -0.4 is 0 Å². The standard InChI is InChI=1S/C23H33N5O/c29-23(28-13-11-26(12-14-28)16-20-5-2-1-3-6-20)9-8-21-7-4-10-27(17-21)18-22-15-24-19-25-22/h1-3,5-6,15,19,21H,4,7-14,16-18H2,(H,24,25)/t21-/m0/s1. The molecule has 4 rings (SSSR count). The van der Waals surface area contributed by atoms with Gasteiger partial charge in [-0.05, 0) is 37.3 Å². The predicted octanol–water partition coefficient (Wildman–Crippen LogP) is 2.75. The first kappa shape index (κ1) is 20.1. The first-order valence-corrected chi connectivity index (χ1v) is 11.0. The highest BCUT2D eigenvalue weighted by Gasteiger charge is 2.24. The Bertz CT molecular complexity index is 740. The van der Waals surface area contributed by atoms with E-state index in [1.165, 1.54) is 24.1 Å². The fourth-order valence-corrected chi connectivity index (χ4v) is 4.63. The van der Waals surface area contributed by atoms with Crippen LogP contribution in [0.2, 0.25) is 0 Å². The molecule has 156 valence electrons. The molecule has 1 aromatic carbocycles. The average Bonchev–Trinajstić information content (AvgIpc) is 3.27. The highest BCUT2D eigenvalue weighted by molar-refractivity contribution is 5.76. The first-order chi connectivity index (χ1) is 14.3. The number of nitrogens with one attached hydrogen (secondary N) is 1. The summed E-state index contributed by atoms with van der Waals surface area (Å²) in [6.45, 7) is 7.84. The number of amides is 1. The number of carbonyl (C=O) groups is 1. The van der Waals surface area contributed by atoms with Crippen molar-refractivity contribution in [3.05, 3.63) is 54.1 Å². The second-order valence-electron chi connectivity index (χ2n) is 8.50. The van der Waals surface area contributed by atoms with Crippen molar-refractivity contribution >= 4 is 5.91 Å². The largest absolute Gasteiger partial charge is 0.347 e. The van der Waals surface area contributed by atoms with Crippen molar-refractivity contribution in [1.82, 2.24) is 24.7 Å². The van der Waals surface area contributed by atoms with Crippen LogP contribution in [-0.2, 0) is 17.9 Å². The minimum Gasteiger partial charge on any atom is -0.347 e. The van der Waals surface area contributed by atoms with Crippen LogP contribution >= 0.6 is 0 Å². The lowest BCUT2D eigenvalue weighted by atomic mass is 9.93. The Labute approximate surface area is 173 Å². The molecule has 2 saturated heterocycles. The van der Waals surface area contributed by atoms with Crippen LogP contribution in [0.3, 0.4) is 0 Å². The van der Waals surface area contributed by atoms with Gasteiger partial charge < -0.3 is 9.88 Å². The van der Waals surface area contributed by atoms with E-state index in [1.54, 1.807) is 6.33 Å². The number of benzene rings is 1. The van der Waals surface area contributed by atoms with Crippen molar-refractivity contribution in [1.29, 1.82) is 0 Å². The quantitative estimate of drug-likeness (QED) is 0.783. The van der Waals surface area contributed by atoms with Crippen LogP contribution in [0.15, 0.2) is 42.9 Å². The molecule has 3 heterocycles. The molecule has 2 aliphatic rings. The molecular weight excluding hydrogens is 362 g/mol. The van der Waals surface area contributed by atoms with Gasteiger partial charge in [-0.3, -0.25) is 14.6 Å². The van der Waals surface area contributed by atoms with Crippen LogP contribution in [0.4, 0.5) is 0 Å². The van der Waals surface area contributed by atoms with Crippen LogP contribution in [0.1, 0.15) is 36.9 Å². The molecule has 29 heavy (non-hydrogen) atoms. The summed E-state index contributed by atoms with van der Waals surface area (Å²) in [5, 5.41) is 0. The van der Waals surface area contributed by atoms with Gasteiger partial charge in [-0.2, -0.15) is 0 Å². The van der Waals surface area contributed by atoms with Gasteiger partial charge in [0, 0.05) is 64.1 Å². The number of carbonyl (C=O) groups excluding carboxylic acids is 1. The Kier molecular flexibility index (Phi) is 6.96. The van der Waals surface area contributed by atoms with E-state index in [0.717, 1.165) is 58.8 Å². The number of imidazole rings is 1. The maximum atomic E-state index is 12.7. The minimum absolute atomic E-state index is 0.343. The van der Waals surface area contributed by atoms with E-state index in [9.17, 15) is 4.79 Å². The van der Waals surface area contributed by atoms with Gasteiger partial charge in [0.25, 0.3) is 0 Å². The molecule has 0 saturated carbocycles.